The van der Waals surface area contributed by atoms with Crippen LogP contribution in [0.2, 0.25) is 0 Å². The van der Waals surface area contributed by atoms with Crippen molar-refractivity contribution in [3.8, 4) is 0 Å². The molecule has 114 valence electrons. The summed E-state index contributed by atoms with van der Waals surface area (Å²) >= 11 is 0. The van der Waals surface area contributed by atoms with Crippen LogP contribution >= 0.6 is 0 Å². The molecular formula is C14H22N6O. The lowest BCUT2D eigenvalue weighted by atomic mass is 10.1. The summed E-state index contributed by atoms with van der Waals surface area (Å²) in [7, 11) is 0. The van der Waals surface area contributed by atoms with Crippen LogP contribution in [0.25, 0.3) is 0 Å². The lowest BCUT2D eigenvalue weighted by Crippen LogP contribution is -2.42. The number of aromatic nitrogens is 5. The molecule has 2 aromatic rings. The van der Waals surface area contributed by atoms with E-state index in [1.165, 1.54) is 0 Å². The first-order valence-electron chi connectivity index (χ1n) is 7.56. The van der Waals surface area contributed by atoms with Gasteiger partial charge in [0.2, 0.25) is 0 Å². The molecule has 3 heterocycles. The zero-order valence-corrected chi connectivity index (χ0v) is 12.3. The van der Waals surface area contributed by atoms with E-state index in [0.717, 1.165) is 37.5 Å². The lowest BCUT2D eigenvalue weighted by Gasteiger charge is -2.24. The Morgan fingerprint density at radius 3 is 3.19 bits per heavy atom. The van der Waals surface area contributed by atoms with Crippen LogP contribution in [0.1, 0.15) is 25.0 Å². The number of fused-ring (bicyclic) bond motifs is 1. The first-order valence-corrected chi connectivity index (χ1v) is 7.56. The Kier molecular flexibility index (Phi) is 4.31. The maximum atomic E-state index is 10.0. The van der Waals surface area contributed by atoms with E-state index in [0.29, 0.717) is 19.1 Å². The standard InChI is InChI=1S/C14H22N6O/c1-2-13-17-14-5-4-11(9-20(14)18-13)15-8-12(21)10-19-7-3-6-16-19/h3,6-7,11-12,15,21H,2,4-5,8-10H2,1H3. The third-order valence-corrected chi connectivity index (χ3v) is 3.82. The van der Waals surface area contributed by atoms with Crippen molar-refractivity contribution in [2.45, 2.75) is 51.4 Å². The fourth-order valence-electron chi connectivity index (χ4n) is 2.67. The maximum absolute atomic E-state index is 10.0. The minimum atomic E-state index is -0.437. The molecule has 0 spiro atoms. The molecule has 0 aliphatic carbocycles. The lowest BCUT2D eigenvalue weighted by molar-refractivity contribution is 0.139. The maximum Gasteiger partial charge on any atom is 0.150 e. The van der Waals surface area contributed by atoms with E-state index >= 15 is 0 Å². The van der Waals surface area contributed by atoms with Crippen molar-refractivity contribution in [1.82, 2.24) is 29.9 Å². The van der Waals surface area contributed by atoms with Gasteiger partial charge in [-0.15, -0.1) is 0 Å². The molecule has 0 aromatic carbocycles. The van der Waals surface area contributed by atoms with Gasteiger partial charge in [-0.2, -0.15) is 10.2 Å². The van der Waals surface area contributed by atoms with E-state index in [2.05, 4.69) is 27.4 Å². The molecule has 7 nitrogen and oxygen atoms in total. The fraction of sp³-hybridized carbons (Fsp3) is 0.643. The summed E-state index contributed by atoms with van der Waals surface area (Å²) in [5, 5.41) is 22.0. The van der Waals surface area contributed by atoms with E-state index in [-0.39, 0.29) is 0 Å². The zero-order chi connectivity index (χ0) is 14.7. The van der Waals surface area contributed by atoms with Gasteiger partial charge in [0.05, 0.1) is 19.2 Å². The Hall–Kier alpha value is -1.73. The Morgan fingerprint density at radius 2 is 2.43 bits per heavy atom. The normalized spacial score (nSPS) is 19.4. The Labute approximate surface area is 124 Å². The molecule has 7 heteroatoms. The number of aliphatic hydroxyl groups excluding tert-OH is 1. The molecule has 0 fully saturated rings. The highest BCUT2D eigenvalue weighted by atomic mass is 16.3. The second-order valence-electron chi connectivity index (χ2n) is 5.51. The topological polar surface area (TPSA) is 80.8 Å². The van der Waals surface area contributed by atoms with Crippen LogP contribution in [0.5, 0.6) is 0 Å². The molecular weight excluding hydrogens is 268 g/mol. The Balaban J connectivity index is 1.48. The molecule has 0 radical (unpaired) electrons. The number of aliphatic hydroxyl groups is 1. The first-order chi connectivity index (χ1) is 10.2. The van der Waals surface area contributed by atoms with Crippen molar-refractivity contribution in [1.29, 1.82) is 0 Å². The summed E-state index contributed by atoms with van der Waals surface area (Å²) in [6, 6.07) is 2.20. The molecule has 0 saturated heterocycles. The summed E-state index contributed by atoms with van der Waals surface area (Å²) in [6.45, 7) is 3.98. The highest BCUT2D eigenvalue weighted by molar-refractivity contribution is 4.98. The Morgan fingerprint density at radius 1 is 1.52 bits per heavy atom. The number of aryl methyl sites for hydroxylation is 2. The van der Waals surface area contributed by atoms with Crippen LogP contribution < -0.4 is 5.32 Å². The monoisotopic (exact) mass is 290 g/mol. The summed E-state index contributed by atoms with van der Waals surface area (Å²) in [5.41, 5.74) is 0. The van der Waals surface area contributed by atoms with Crippen LogP contribution in [0.15, 0.2) is 18.5 Å². The second-order valence-corrected chi connectivity index (χ2v) is 5.51. The highest BCUT2D eigenvalue weighted by Crippen LogP contribution is 2.13. The van der Waals surface area contributed by atoms with E-state index in [4.69, 9.17) is 0 Å². The van der Waals surface area contributed by atoms with Gasteiger partial charge in [-0.1, -0.05) is 6.92 Å². The quantitative estimate of drug-likeness (QED) is 0.783. The zero-order valence-electron chi connectivity index (χ0n) is 12.3. The molecule has 3 rings (SSSR count). The summed E-state index contributed by atoms with van der Waals surface area (Å²) in [6.07, 6.45) is 6.00. The average molecular weight is 290 g/mol. The van der Waals surface area contributed by atoms with Gasteiger partial charge in [0.25, 0.3) is 0 Å². The SMILES string of the molecule is CCc1nc2n(n1)CC(NCC(O)Cn1cccn1)CC2. The largest absolute Gasteiger partial charge is 0.390 e. The minimum Gasteiger partial charge on any atom is -0.390 e. The summed E-state index contributed by atoms with van der Waals surface area (Å²) in [5.74, 6) is 2.01. The van der Waals surface area contributed by atoms with Gasteiger partial charge in [-0.25, -0.2) is 9.67 Å². The molecule has 21 heavy (non-hydrogen) atoms. The second kappa shape index (κ2) is 6.36. The molecule has 2 N–H and O–H groups in total. The van der Waals surface area contributed by atoms with Crippen molar-refractivity contribution in [3.05, 3.63) is 30.1 Å². The van der Waals surface area contributed by atoms with E-state index in [1.54, 1.807) is 10.9 Å². The fourth-order valence-corrected chi connectivity index (χ4v) is 2.67. The summed E-state index contributed by atoms with van der Waals surface area (Å²) in [4.78, 5) is 4.51. The van der Waals surface area contributed by atoms with Gasteiger partial charge in [0.1, 0.15) is 5.82 Å². The van der Waals surface area contributed by atoms with Gasteiger partial charge >= 0.3 is 0 Å². The molecule has 0 bridgehead atoms. The summed E-state index contributed by atoms with van der Waals surface area (Å²) < 4.78 is 3.75. The van der Waals surface area contributed by atoms with Gasteiger partial charge in [0, 0.05) is 37.8 Å². The predicted octanol–water partition coefficient (Wildman–Crippen LogP) is 0.00250. The average Bonchev–Trinajstić information content (AvgIpc) is 3.13. The third-order valence-electron chi connectivity index (χ3n) is 3.82. The Bertz CT molecular complexity index is 564. The van der Waals surface area contributed by atoms with E-state index in [9.17, 15) is 5.11 Å². The first kappa shape index (κ1) is 14.2. The van der Waals surface area contributed by atoms with Crippen molar-refractivity contribution in [2.75, 3.05) is 6.54 Å². The molecule has 0 amide bonds. The van der Waals surface area contributed by atoms with E-state index in [1.807, 2.05) is 16.9 Å². The van der Waals surface area contributed by atoms with Crippen molar-refractivity contribution < 1.29 is 5.11 Å². The van der Waals surface area contributed by atoms with Crippen molar-refractivity contribution in [3.63, 3.8) is 0 Å². The van der Waals surface area contributed by atoms with Gasteiger partial charge in [-0.3, -0.25) is 4.68 Å². The molecule has 0 saturated carbocycles. The molecule has 2 unspecified atom stereocenters. The number of nitrogens with one attached hydrogen (secondary N) is 1. The minimum absolute atomic E-state index is 0.344. The number of hydrogen-bond donors (Lipinski definition) is 2. The van der Waals surface area contributed by atoms with Crippen LogP contribution in [0.4, 0.5) is 0 Å². The number of hydrogen-bond acceptors (Lipinski definition) is 5. The van der Waals surface area contributed by atoms with Crippen LogP contribution in [0, 0.1) is 0 Å². The van der Waals surface area contributed by atoms with Crippen LogP contribution in [0.3, 0.4) is 0 Å². The van der Waals surface area contributed by atoms with Crippen molar-refractivity contribution >= 4 is 0 Å². The molecule has 1 aliphatic rings. The molecule has 2 aromatic heterocycles. The highest BCUT2D eigenvalue weighted by Gasteiger charge is 2.21. The predicted molar refractivity (Wildman–Crippen MR) is 77.7 cm³/mol. The van der Waals surface area contributed by atoms with Gasteiger partial charge in [-0.05, 0) is 12.5 Å². The molecule has 1 aliphatic heterocycles. The van der Waals surface area contributed by atoms with Gasteiger partial charge < -0.3 is 10.4 Å². The van der Waals surface area contributed by atoms with Crippen LogP contribution in [-0.4, -0.2) is 48.3 Å². The third kappa shape index (κ3) is 3.48. The van der Waals surface area contributed by atoms with E-state index < -0.39 is 6.10 Å². The van der Waals surface area contributed by atoms with Gasteiger partial charge in [0.15, 0.2) is 5.82 Å². The number of rotatable bonds is 6. The molecule has 2 atom stereocenters. The smallest absolute Gasteiger partial charge is 0.150 e. The number of nitrogens with zero attached hydrogens (tertiary/aromatic N) is 5. The van der Waals surface area contributed by atoms with Crippen LogP contribution in [-0.2, 0) is 25.9 Å². The van der Waals surface area contributed by atoms with Crippen molar-refractivity contribution in [2.24, 2.45) is 0 Å².